The topological polar surface area (TPSA) is 185 Å². The Kier molecular flexibility index (Phi) is 21.8. The van der Waals surface area contributed by atoms with Crippen LogP contribution in [0.3, 0.4) is 0 Å². The molecule has 1 aromatic heterocycles. The third-order valence-electron chi connectivity index (χ3n) is 11.6. The number of fused-ring (bicyclic) bond motifs is 1. The minimum absolute atomic E-state index is 0.201. The second-order valence-electron chi connectivity index (χ2n) is 16.3. The second kappa shape index (κ2) is 25.9. The van der Waals surface area contributed by atoms with Crippen molar-refractivity contribution >= 4 is 22.6 Å². The molecule has 10 atom stereocenters. The number of hydrogen-bond acceptors (Lipinski definition) is 11. The summed E-state index contributed by atoms with van der Waals surface area (Å²) in [6.07, 6.45) is 9.48. The third kappa shape index (κ3) is 14.5. The van der Waals surface area contributed by atoms with E-state index in [9.17, 15) is 35.4 Å². The van der Waals surface area contributed by atoms with Crippen LogP contribution in [0.4, 0.5) is 0 Å². The van der Waals surface area contributed by atoms with Crippen molar-refractivity contribution < 1.29 is 49.6 Å². The minimum atomic E-state index is -1.65. The highest BCUT2D eigenvalue weighted by Crippen LogP contribution is 2.28. The van der Waals surface area contributed by atoms with Gasteiger partial charge in [-0.15, -0.1) is 0 Å². The number of aliphatic hydroxyl groups excluding tert-OH is 6. The van der Waals surface area contributed by atoms with Gasteiger partial charge in [-0.3, -0.25) is 9.13 Å². The van der Waals surface area contributed by atoms with Gasteiger partial charge in [0.15, 0.2) is 12.6 Å². The van der Waals surface area contributed by atoms with E-state index in [1.165, 1.54) is 86.2 Å². The summed E-state index contributed by atoms with van der Waals surface area (Å²) < 4.78 is 25.8. The maximum absolute atomic E-state index is 14.1. The van der Waals surface area contributed by atoms with Crippen molar-refractivity contribution in [2.75, 3.05) is 13.2 Å². The van der Waals surface area contributed by atoms with Crippen molar-refractivity contribution in [2.24, 2.45) is 0 Å². The number of imidazole rings is 1. The molecule has 0 bridgehead atoms. The zero-order chi connectivity index (χ0) is 41.2. The molecule has 0 aliphatic carbocycles. The van der Waals surface area contributed by atoms with Gasteiger partial charge in [-0.05, 0) is 31.0 Å². The average molecular weight is 830 g/mol. The summed E-state index contributed by atoms with van der Waals surface area (Å²) in [5, 5.41) is 65.6. The summed E-state index contributed by atoms with van der Waals surface area (Å²) in [4.78, 5) is 14.1. The van der Waals surface area contributed by atoms with Gasteiger partial charge in [0.25, 0.3) is 0 Å². The van der Waals surface area contributed by atoms with Gasteiger partial charge in [0, 0.05) is 18.2 Å². The number of unbranched alkanes of at least 4 members (excludes halogenated alkanes) is 18. The van der Waals surface area contributed by atoms with E-state index in [0.29, 0.717) is 22.7 Å². The van der Waals surface area contributed by atoms with Crippen LogP contribution in [0, 0.1) is 0 Å². The smallest absolute Gasteiger partial charge is 0.329 e. The lowest BCUT2D eigenvalue weighted by atomic mass is 9.98. The van der Waals surface area contributed by atoms with Gasteiger partial charge in [-0.2, -0.15) is 0 Å². The standard InChI is InChI=1S/C43H73ClN2O11/c1-3-5-7-9-11-13-15-17-19-21-25-54-39-35(47)33(56-41(51)37(39)49)28-45-31-24-23-30(44)27-32(31)46(43(45)53)29-34-36(48)40(38(50)42(52)57-34)55-26-22-20-18-16-14-12-10-8-6-4-2/h23-24,27,33-42,47-52H,3-22,25-26,28-29H2,1-2H3/t33-,34-,35-,36-,37-,38-,39+,40+,41?,42?/m1/s1. The Bertz CT molecular complexity index is 1460. The van der Waals surface area contributed by atoms with E-state index in [-0.39, 0.29) is 19.7 Å². The van der Waals surface area contributed by atoms with Crippen LogP contribution in [0.1, 0.15) is 142 Å². The highest BCUT2D eigenvalue weighted by atomic mass is 35.5. The Hall–Kier alpha value is -1.62. The fourth-order valence-corrected chi connectivity index (χ4v) is 8.32. The normalized spacial score (nSPS) is 28.1. The fraction of sp³-hybridized carbons (Fsp3) is 0.837. The summed E-state index contributed by atoms with van der Waals surface area (Å²) >= 11 is 6.37. The molecule has 0 saturated carbocycles. The van der Waals surface area contributed by atoms with Gasteiger partial charge in [-0.1, -0.05) is 141 Å². The zero-order valence-corrected chi connectivity index (χ0v) is 35.2. The van der Waals surface area contributed by atoms with Crippen molar-refractivity contribution in [1.82, 2.24) is 9.13 Å². The summed E-state index contributed by atoms with van der Waals surface area (Å²) in [5.74, 6) is 0. The molecular formula is C43H73ClN2O11. The van der Waals surface area contributed by atoms with Gasteiger partial charge in [0.05, 0.1) is 24.1 Å². The maximum atomic E-state index is 14.1. The Balaban J connectivity index is 1.34. The Morgan fingerprint density at radius 1 is 0.544 bits per heavy atom. The predicted molar refractivity (Wildman–Crippen MR) is 220 cm³/mol. The zero-order valence-electron chi connectivity index (χ0n) is 34.5. The number of rotatable bonds is 28. The first-order chi connectivity index (χ1) is 27.6. The quantitative estimate of drug-likeness (QED) is 0.0558. The van der Waals surface area contributed by atoms with Crippen molar-refractivity contribution in [3.8, 4) is 0 Å². The molecule has 2 saturated heterocycles. The Morgan fingerprint density at radius 3 is 1.32 bits per heavy atom. The molecule has 4 rings (SSSR count). The first-order valence-electron chi connectivity index (χ1n) is 22.1. The number of ether oxygens (including phenoxy) is 4. The second-order valence-corrected chi connectivity index (χ2v) is 16.7. The molecule has 0 spiro atoms. The first-order valence-corrected chi connectivity index (χ1v) is 22.5. The highest BCUT2D eigenvalue weighted by Gasteiger charge is 2.46. The van der Waals surface area contributed by atoms with E-state index in [4.69, 9.17) is 30.5 Å². The molecule has 2 aromatic rings. The van der Waals surface area contributed by atoms with Crippen LogP contribution >= 0.6 is 11.6 Å². The molecule has 328 valence electrons. The number of aliphatic hydroxyl groups is 6. The van der Waals surface area contributed by atoms with Gasteiger partial charge in [0.1, 0.15) is 48.8 Å². The fourth-order valence-electron chi connectivity index (χ4n) is 8.15. The maximum Gasteiger partial charge on any atom is 0.329 e. The average Bonchev–Trinajstić information content (AvgIpc) is 3.44. The van der Waals surface area contributed by atoms with Crippen LogP contribution in [0.5, 0.6) is 0 Å². The van der Waals surface area contributed by atoms with Crippen molar-refractivity contribution in [2.45, 2.75) is 217 Å². The van der Waals surface area contributed by atoms with Gasteiger partial charge in [-0.25, -0.2) is 4.79 Å². The van der Waals surface area contributed by atoms with Crippen molar-refractivity contribution in [1.29, 1.82) is 0 Å². The molecule has 14 heteroatoms. The van der Waals surface area contributed by atoms with Gasteiger partial charge < -0.3 is 49.6 Å². The molecule has 13 nitrogen and oxygen atoms in total. The summed E-state index contributed by atoms with van der Waals surface area (Å²) in [7, 11) is 0. The molecule has 2 fully saturated rings. The molecule has 3 heterocycles. The molecule has 0 amide bonds. The largest absolute Gasteiger partial charge is 0.388 e. The lowest BCUT2D eigenvalue weighted by Gasteiger charge is -2.40. The summed E-state index contributed by atoms with van der Waals surface area (Å²) in [6, 6.07) is 4.84. The van der Waals surface area contributed by atoms with E-state index in [0.717, 1.165) is 51.4 Å². The monoisotopic (exact) mass is 828 g/mol. The van der Waals surface area contributed by atoms with Crippen LogP contribution in [0.15, 0.2) is 23.0 Å². The van der Waals surface area contributed by atoms with Gasteiger partial charge >= 0.3 is 5.69 Å². The molecule has 2 aliphatic heterocycles. The van der Waals surface area contributed by atoms with Crippen LogP contribution in [-0.2, 0) is 32.0 Å². The minimum Gasteiger partial charge on any atom is -0.388 e. The summed E-state index contributed by atoms with van der Waals surface area (Å²) in [6.45, 7) is 4.59. The molecular weight excluding hydrogens is 756 g/mol. The predicted octanol–water partition coefficient (Wildman–Crippen LogP) is 5.95. The lowest BCUT2D eigenvalue weighted by molar-refractivity contribution is -0.292. The number of aromatic nitrogens is 2. The number of halogens is 1. The number of benzene rings is 1. The molecule has 57 heavy (non-hydrogen) atoms. The summed E-state index contributed by atoms with van der Waals surface area (Å²) in [5.41, 5.74) is 0.278. The Morgan fingerprint density at radius 2 is 0.912 bits per heavy atom. The van der Waals surface area contributed by atoms with Crippen LogP contribution in [0.2, 0.25) is 5.02 Å². The van der Waals surface area contributed by atoms with Gasteiger partial charge in [0.2, 0.25) is 0 Å². The Labute approximate surface area is 344 Å². The van der Waals surface area contributed by atoms with Crippen molar-refractivity contribution in [3.05, 3.63) is 33.7 Å². The molecule has 0 radical (unpaired) electrons. The number of nitrogens with zero attached hydrogens (tertiary/aromatic N) is 2. The SMILES string of the molecule is CCCCCCCCCCCCO[C@H]1[C@H](O)[C@@H](Cn2c(=O)n(C[C@H]3OC(O)[C@H](O)[C@@H](OCCCCCCCCCCCC)[C@@H]3O)c3cc(Cl)ccc32)OC(O)[C@@H]1O. The molecule has 2 unspecified atom stereocenters. The van der Waals surface area contributed by atoms with Crippen molar-refractivity contribution in [3.63, 3.8) is 0 Å². The molecule has 6 N–H and O–H groups in total. The van der Waals surface area contributed by atoms with E-state index in [2.05, 4.69) is 13.8 Å². The number of hydrogen-bond donors (Lipinski definition) is 6. The van der Waals surface area contributed by atoms with E-state index < -0.39 is 67.1 Å². The van der Waals surface area contributed by atoms with E-state index in [1.807, 2.05) is 0 Å². The van der Waals surface area contributed by atoms with E-state index >= 15 is 0 Å². The first kappa shape index (κ1) is 48.1. The van der Waals surface area contributed by atoms with Crippen LogP contribution in [-0.4, -0.2) is 114 Å². The van der Waals surface area contributed by atoms with Crippen LogP contribution < -0.4 is 5.69 Å². The molecule has 1 aromatic carbocycles. The third-order valence-corrected chi connectivity index (χ3v) is 11.9. The lowest BCUT2D eigenvalue weighted by Crippen LogP contribution is -2.60. The highest BCUT2D eigenvalue weighted by molar-refractivity contribution is 6.31. The van der Waals surface area contributed by atoms with E-state index in [1.54, 1.807) is 18.2 Å². The van der Waals surface area contributed by atoms with Crippen LogP contribution in [0.25, 0.3) is 11.0 Å². The molecule has 2 aliphatic rings.